The molecule has 1 fully saturated rings. The van der Waals surface area contributed by atoms with Crippen molar-refractivity contribution in [3.63, 3.8) is 0 Å². The highest BCUT2D eigenvalue weighted by Gasteiger charge is 2.41. The first-order valence-corrected chi connectivity index (χ1v) is 13.5. The lowest BCUT2D eigenvalue weighted by Crippen LogP contribution is -2.54. The highest BCUT2D eigenvalue weighted by atomic mass is 32.2. The predicted molar refractivity (Wildman–Crippen MR) is 137 cm³/mol. The minimum Gasteiger partial charge on any atom is -0.506 e. The van der Waals surface area contributed by atoms with Crippen molar-refractivity contribution in [2.75, 3.05) is 26.7 Å². The zero-order chi connectivity index (χ0) is 26.8. The van der Waals surface area contributed by atoms with E-state index in [0.29, 0.717) is 23.1 Å². The van der Waals surface area contributed by atoms with Crippen molar-refractivity contribution < 1.29 is 27.5 Å². The number of amides is 1. The number of hydrogen-bond acceptors (Lipinski definition) is 7. The number of carbonyl (C=O) groups excluding carboxylic acids is 1. The summed E-state index contributed by atoms with van der Waals surface area (Å²) in [4.78, 5) is 17.6. The van der Waals surface area contributed by atoms with E-state index >= 15 is 0 Å². The molecule has 194 valence electrons. The van der Waals surface area contributed by atoms with Gasteiger partial charge in [-0.05, 0) is 43.3 Å². The minimum atomic E-state index is -3.98. The molecule has 3 aromatic rings. The second kappa shape index (κ2) is 10.3. The van der Waals surface area contributed by atoms with Crippen molar-refractivity contribution in [3.8, 4) is 17.6 Å². The third kappa shape index (κ3) is 5.22. The van der Waals surface area contributed by atoms with Crippen molar-refractivity contribution in [2.24, 2.45) is 5.14 Å². The Balaban J connectivity index is 1.56. The van der Waals surface area contributed by atoms with Crippen LogP contribution >= 0.6 is 0 Å². The number of rotatable bonds is 8. The first-order chi connectivity index (χ1) is 17.6. The normalized spacial score (nSPS) is 19.5. The van der Waals surface area contributed by atoms with Crippen LogP contribution < -0.4 is 15.2 Å². The van der Waals surface area contributed by atoms with Crippen molar-refractivity contribution in [1.82, 2.24) is 10.3 Å². The average Bonchev–Trinajstić information content (AvgIpc) is 3.28. The number of likely N-dealkylation sites (N-methyl/N-ethyl adjacent to an activating group) is 1. The van der Waals surface area contributed by atoms with E-state index < -0.39 is 15.9 Å². The van der Waals surface area contributed by atoms with Gasteiger partial charge in [0.15, 0.2) is 0 Å². The number of pyridine rings is 1. The monoisotopic (exact) mass is 524 g/mol. The lowest BCUT2D eigenvalue weighted by atomic mass is 10.1. The number of aromatic nitrogens is 1. The number of sulfonamides is 1. The number of nitrogens with zero attached hydrogens (tertiary/aromatic N) is 3. The number of primary sulfonamides is 1. The van der Waals surface area contributed by atoms with E-state index in [4.69, 9.17) is 14.9 Å². The van der Waals surface area contributed by atoms with E-state index in [1.807, 2.05) is 18.2 Å². The highest BCUT2D eigenvalue weighted by Crippen LogP contribution is 2.31. The smallest absolute Gasteiger partial charge is 0.255 e. The Hall–Kier alpha value is -3.72. The van der Waals surface area contributed by atoms with Gasteiger partial charge in [0.25, 0.3) is 5.91 Å². The largest absolute Gasteiger partial charge is 0.506 e. The van der Waals surface area contributed by atoms with E-state index in [2.05, 4.69) is 12.2 Å². The fourth-order valence-corrected chi connectivity index (χ4v) is 5.76. The van der Waals surface area contributed by atoms with Gasteiger partial charge in [0.05, 0.1) is 48.4 Å². The second-order valence-electron chi connectivity index (χ2n) is 9.28. The van der Waals surface area contributed by atoms with E-state index in [9.17, 15) is 23.6 Å². The summed E-state index contributed by atoms with van der Waals surface area (Å²) in [6.07, 6.45) is 1.89. The van der Waals surface area contributed by atoms with E-state index in [1.165, 1.54) is 31.4 Å². The molecule has 1 saturated heterocycles. The van der Waals surface area contributed by atoms with Gasteiger partial charge in [-0.1, -0.05) is 6.07 Å². The van der Waals surface area contributed by atoms with Crippen molar-refractivity contribution >= 4 is 26.8 Å². The minimum absolute atomic E-state index is 0.0947. The van der Waals surface area contributed by atoms with E-state index in [1.54, 1.807) is 6.07 Å². The van der Waals surface area contributed by atoms with Crippen LogP contribution in [-0.2, 0) is 16.6 Å². The molecule has 1 amide bonds. The van der Waals surface area contributed by atoms with Gasteiger partial charge >= 0.3 is 0 Å². The van der Waals surface area contributed by atoms with Crippen LogP contribution in [-0.4, -0.2) is 61.7 Å². The highest BCUT2D eigenvalue weighted by molar-refractivity contribution is 7.89. The third-order valence-electron chi connectivity index (χ3n) is 7.27. The SMILES string of the molecule is CC[N+]1(Cc2ccc3ccc(O)c(C#N)c3n2)CCCC1CNC(=O)c1cc(S(N)(=O)=O)ccc1OC. The molecule has 11 heteroatoms. The summed E-state index contributed by atoms with van der Waals surface area (Å²) in [6, 6.07) is 13.2. The molecule has 4 rings (SSSR count). The fraction of sp³-hybridized carbons (Fsp3) is 0.346. The maximum atomic E-state index is 13.1. The molecule has 2 aromatic carbocycles. The van der Waals surface area contributed by atoms with Crippen molar-refractivity contribution in [3.05, 3.63) is 59.3 Å². The van der Waals surface area contributed by atoms with Crippen LogP contribution in [0.5, 0.6) is 11.5 Å². The summed E-state index contributed by atoms with van der Waals surface area (Å²) in [5, 5.41) is 28.6. The molecule has 0 spiro atoms. The molecule has 4 N–H and O–H groups in total. The van der Waals surface area contributed by atoms with Crippen LogP contribution in [0.1, 0.15) is 41.4 Å². The molecule has 2 unspecified atom stereocenters. The average molecular weight is 525 g/mol. The van der Waals surface area contributed by atoms with E-state index in [0.717, 1.165) is 37.0 Å². The number of benzene rings is 2. The number of likely N-dealkylation sites (tertiary alicyclic amines) is 1. The number of methoxy groups -OCH3 is 1. The van der Waals surface area contributed by atoms with Crippen LogP contribution in [0.2, 0.25) is 0 Å². The number of phenols is 1. The molecular weight excluding hydrogens is 494 g/mol. The van der Waals surface area contributed by atoms with Gasteiger partial charge in [0.2, 0.25) is 10.0 Å². The van der Waals surface area contributed by atoms with Crippen molar-refractivity contribution in [1.29, 1.82) is 5.26 Å². The molecule has 37 heavy (non-hydrogen) atoms. The molecule has 0 saturated carbocycles. The topological polar surface area (TPSA) is 155 Å². The number of nitrogens with one attached hydrogen (secondary N) is 1. The predicted octanol–water partition coefficient (Wildman–Crippen LogP) is 2.40. The summed E-state index contributed by atoms with van der Waals surface area (Å²) < 4.78 is 29.5. The van der Waals surface area contributed by atoms with Gasteiger partial charge in [-0.15, -0.1) is 0 Å². The zero-order valence-corrected chi connectivity index (χ0v) is 21.6. The maximum absolute atomic E-state index is 13.1. The third-order valence-corrected chi connectivity index (χ3v) is 8.19. The molecule has 1 aliphatic heterocycles. The summed E-state index contributed by atoms with van der Waals surface area (Å²) in [5.74, 6) is -0.284. The number of ether oxygens (including phenoxy) is 1. The molecule has 1 aromatic heterocycles. The molecule has 10 nitrogen and oxygen atoms in total. The van der Waals surface area contributed by atoms with Crippen LogP contribution in [0.15, 0.2) is 47.4 Å². The summed E-state index contributed by atoms with van der Waals surface area (Å²) in [5.41, 5.74) is 1.53. The number of nitriles is 1. The molecule has 2 heterocycles. The first-order valence-electron chi connectivity index (χ1n) is 12.0. The molecule has 0 radical (unpaired) electrons. The Bertz CT molecular complexity index is 1500. The number of quaternary nitrogens is 1. The standard InChI is InChI=1S/C26H29N5O5S/c1-3-31(16-18-8-6-17-7-10-23(32)22(14-27)25(17)30-18)12-4-5-19(31)15-29-26(33)21-13-20(37(28,34)35)9-11-24(21)36-2/h6-11,13,19H,3-5,12,15-16H2,1-2H3,(H3-,28,29,30,32,33,34,35)/p+1. The fourth-order valence-electron chi connectivity index (χ4n) is 5.22. The summed E-state index contributed by atoms with van der Waals surface area (Å²) in [7, 11) is -2.57. The Morgan fingerprint density at radius 2 is 2.05 bits per heavy atom. The summed E-state index contributed by atoms with van der Waals surface area (Å²) >= 11 is 0. The van der Waals surface area contributed by atoms with Gasteiger partial charge in [-0.2, -0.15) is 5.26 Å². The molecule has 0 aliphatic carbocycles. The van der Waals surface area contributed by atoms with Crippen LogP contribution in [0, 0.1) is 11.3 Å². The van der Waals surface area contributed by atoms with Crippen LogP contribution in [0.3, 0.4) is 0 Å². The quantitative estimate of drug-likeness (QED) is 0.382. The number of phenolic OH excluding ortho intramolecular Hbond substituents is 1. The number of carbonyl (C=O) groups is 1. The van der Waals surface area contributed by atoms with Crippen LogP contribution in [0.4, 0.5) is 0 Å². The van der Waals surface area contributed by atoms with Gasteiger partial charge < -0.3 is 19.6 Å². The summed E-state index contributed by atoms with van der Waals surface area (Å²) in [6.45, 7) is 4.82. The number of fused-ring (bicyclic) bond motifs is 1. The first kappa shape index (κ1) is 26.3. The molecule has 0 bridgehead atoms. The number of nitrogens with two attached hydrogens (primary N) is 1. The Labute approximate surface area is 215 Å². The Kier molecular flexibility index (Phi) is 7.36. The van der Waals surface area contributed by atoms with Crippen LogP contribution in [0.25, 0.3) is 10.9 Å². The maximum Gasteiger partial charge on any atom is 0.255 e. The van der Waals surface area contributed by atoms with Crippen molar-refractivity contribution in [2.45, 2.75) is 37.2 Å². The van der Waals surface area contributed by atoms with Gasteiger partial charge in [0.1, 0.15) is 35.7 Å². The second-order valence-corrected chi connectivity index (χ2v) is 10.8. The lowest BCUT2D eigenvalue weighted by molar-refractivity contribution is -0.949. The number of aromatic hydroxyl groups is 1. The Morgan fingerprint density at radius 3 is 2.73 bits per heavy atom. The zero-order valence-electron chi connectivity index (χ0n) is 20.8. The van der Waals surface area contributed by atoms with E-state index in [-0.39, 0.29) is 33.6 Å². The van der Waals surface area contributed by atoms with Gasteiger partial charge in [-0.3, -0.25) is 4.79 Å². The number of hydrogen-bond donors (Lipinski definition) is 3. The lowest BCUT2D eigenvalue weighted by Gasteiger charge is -2.39. The molecule has 2 atom stereocenters. The molecular formula is C26H30N5O5S+. The molecule has 1 aliphatic rings. The Morgan fingerprint density at radius 1 is 1.30 bits per heavy atom. The van der Waals surface area contributed by atoms with Gasteiger partial charge in [-0.25, -0.2) is 18.5 Å². The van der Waals surface area contributed by atoms with Gasteiger partial charge in [0, 0.05) is 18.2 Å².